The number of nitrogen functional groups attached to an aromatic ring is 1. The minimum Gasteiger partial charge on any atom is -0.492 e. The first-order valence-electron chi connectivity index (χ1n) is 12.3. The number of rotatable bonds is 10. The van der Waals surface area contributed by atoms with Gasteiger partial charge in [0.05, 0.1) is 5.56 Å². The van der Waals surface area contributed by atoms with Gasteiger partial charge in [-0.05, 0) is 66.3 Å². The summed E-state index contributed by atoms with van der Waals surface area (Å²) in [6.07, 6.45) is 1.71. The SMILES string of the molecule is CCN(CC)CCOc1ccc(-n2nnnc2-c2cc(-c3cccc(N(C)C)c3)cnc2N)c(F)c1C. The molecule has 0 aliphatic rings. The molecule has 0 aliphatic carbocycles. The van der Waals surface area contributed by atoms with Crippen LogP contribution in [0.1, 0.15) is 19.4 Å². The molecule has 0 aliphatic heterocycles. The van der Waals surface area contributed by atoms with Crippen molar-refractivity contribution in [1.29, 1.82) is 0 Å². The van der Waals surface area contributed by atoms with Crippen molar-refractivity contribution < 1.29 is 9.13 Å². The summed E-state index contributed by atoms with van der Waals surface area (Å²) in [5, 5.41) is 12.0. The summed E-state index contributed by atoms with van der Waals surface area (Å²) in [6.45, 7) is 9.01. The van der Waals surface area contributed by atoms with Crippen molar-refractivity contribution >= 4 is 11.5 Å². The van der Waals surface area contributed by atoms with E-state index in [9.17, 15) is 0 Å². The number of likely N-dealkylation sites (N-methyl/N-ethyl adjacent to an activating group) is 1. The number of anilines is 2. The van der Waals surface area contributed by atoms with Crippen LogP contribution in [-0.4, -0.2) is 70.4 Å². The lowest BCUT2D eigenvalue weighted by molar-refractivity contribution is 0.221. The van der Waals surface area contributed by atoms with Gasteiger partial charge in [0.2, 0.25) is 0 Å². The van der Waals surface area contributed by atoms with Gasteiger partial charge >= 0.3 is 0 Å². The molecule has 2 N–H and O–H groups in total. The number of ether oxygens (including phenoxy) is 1. The topological polar surface area (TPSA) is 98.2 Å². The van der Waals surface area contributed by atoms with E-state index >= 15 is 4.39 Å². The molecule has 37 heavy (non-hydrogen) atoms. The normalized spacial score (nSPS) is 11.2. The summed E-state index contributed by atoms with van der Waals surface area (Å²) >= 11 is 0. The molecule has 10 heteroatoms. The number of pyridine rings is 1. The highest BCUT2D eigenvalue weighted by atomic mass is 19.1. The van der Waals surface area contributed by atoms with Crippen LogP contribution in [0, 0.1) is 12.7 Å². The van der Waals surface area contributed by atoms with Gasteiger partial charge < -0.3 is 20.3 Å². The van der Waals surface area contributed by atoms with E-state index in [1.165, 1.54) is 4.68 Å². The van der Waals surface area contributed by atoms with E-state index in [2.05, 4.69) is 45.3 Å². The monoisotopic (exact) mass is 504 g/mol. The molecule has 0 fully saturated rings. The first-order chi connectivity index (χ1) is 17.8. The number of hydrogen-bond acceptors (Lipinski definition) is 8. The number of hydrogen-bond donors (Lipinski definition) is 1. The number of aromatic nitrogens is 5. The van der Waals surface area contributed by atoms with Crippen molar-refractivity contribution in [1.82, 2.24) is 30.1 Å². The average molecular weight is 505 g/mol. The van der Waals surface area contributed by atoms with Gasteiger partial charge in [-0.15, -0.1) is 5.10 Å². The smallest absolute Gasteiger partial charge is 0.190 e. The molecule has 0 atom stereocenters. The largest absolute Gasteiger partial charge is 0.492 e. The maximum Gasteiger partial charge on any atom is 0.190 e. The van der Waals surface area contributed by atoms with Crippen LogP contribution in [0.3, 0.4) is 0 Å². The van der Waals surface area contributed by atoms with Gasteiger partial charge in [0.25, 0.3) is 0 Å². The van der Waals surface area contributed by atoms with Crippen molar-refractivity contribution in [3.8, 4) is 34.0 Å². The summed E-state index contributed by atoms with van der Waals surface area (Å²) in [7, 11) is 3.97. The van der Waals surface area contributed by atoms with Crippen LogP contribution in [0.15, 0.2) is 48.7 Å². The predicted molar refractivity (Wildman–Crippen MR) is 145 cm³/mol. The Balaban J connectivity index is 1.66. The zero-order chi connectivity index (χ0) is 26.5. The summed E-state index contributed by atoms with van der Waals surface area (Å²) in [5.74, 6) is 0.573. The van der Waals surface area contributed by atoms with Gasteiger partial charge in [-0.25, -0.2) is 9.37 Å². The zero-order valence-corrected chi connectivity index (χ0v) is 21.9. The third-order valence-electron chi connectivity index (χ3n) is 6.43. The zero-order valence-electron chi connectivity index (χ0n) is 21.9. The molecule has 194 valence electrons. The van der Waals surface area contributed by atoms with Crippen LogP contribution in [0.4, 0.5) is 15.9 Å². The fourth-order valence-electron chi connectivity index (χ4n) is 4.09. The summed E-state index contributed by atoms with van der Waals surface area (Å²) in [6, 6.07) is 13.3. The molecule has 4 aromatic rings. The molecule has 2 heterocycles. The second-order valence-electron chi connectivity index (χ2n) is 8.91. The average Bonchev–Trinajstić information content (AvgIpc) is 3.38. The predicted octanol–water partition coefficient (Wildman–Crippen LogP) is 4.21. The molecule has 0 bridgehead atoms. The summed E-state index contributed by atoms with van der Waals surface area (Å²) in [4.78, 5) is 8.65. The molecule has 2 aromatic carbocycles. The van der Waals surface area contributed by atoms with Gasteiger partial charge in [0.15, 0.2) is 11.6 Å². The maximum atomic E-state index is 15.5. The Morgan fingerprint density at radius 2 is 1.84 bits per heavy atom. The van der Waals surface area contributed by atoms with Gasteiger partial charge in [0.1, 0.15) is 23.9 Å². The van der Waals surface area contributed by atoms with Crippen LogP contribution in [0.5, 0.6) is 5.75 Å². The fourth-order valence-corrected chi connectivity index (χ4v) is 4.09. The Morgan fingerprint density at radius 3 is 2.57 bits per heavy atom. The number of nitrogens with two attached hydrogens (primary N) is 1. The third kappa shape index (κ3) is 5.54. The molecule has 0 radical (unpaired) electrons. The molecule has 0 unspecified atom stereocenters. The highest BCUT2D eigenvalue weighted by Gasteiger charge is 2.20. The minimum absolute atomic E-state index is 0.202. The number of halogens is 1. The molecule has 2 aromatic heterocycles. The Morgan fingerprint density at radius 1 is 1.05 bits per heavy atom. The van der Waals surface area contributed by atoms with Gasteiger partial charge in [-0.1, -0.05) is 26.0 Å². The molecular weight excluding hydrogens is 471 g/mol. The highest BCUT2D eigenvalue weighted by molar-refractivity contribution is 5.77. The van der Waals surface area contributed by atoms with Gasteiger partial charge in [-0.2, -0.15) is 4.68 Å². The lowest BCUT2D eigenvalue weighted by Crippen LogP contribution is -2.28. The molecule has 0 spiro atoms. The highest BCUT2D eigenvalue weighted by Crippen LogP contribution is 2.32. The van der Waals surface area contributed by atoms with Crippen molar-refractivity contribution in [3.05, 3.63) is 60.0 Å². The Bertz CT molecular complexity index is 1370. The van der Waals surface area contributed by atoms with Crippen LogP contribution in [0.2, 0.25) is 0 Å². The Labute approximate surface area is 216 Å². The van der Waals surface area contributed by atoms with Crippen LogP contribution in [-0.2, 0) is 0 Å². The van der Waals surface area contributed by atoms with E-state index in [4.69, 9.17) is 10.5 Å². The van der Waals surface area contributed by atoms with E-state index in [0.29, 0.717) is 29.3 Å². The molecule has 4 rings (SSSR count). The molecule has 9 nitrogen and oxygen atoms in total. The Kier molecular flexibility index (Phi) is 7.98. The number of tetrazole rings is 1. The quantitative estimate of drug-likeness (QED) is 0.343. The number of benzene rings is 2. The van der Waals surface area contributed by atoms with E-state index in [-0.39, 0.29) is 11.5 Å². The first-order valence-corrected chi connectivity index (χ1v) is 12.3. The van der Waals surface area contributed by atoms with Crippen molar-refractivity contribution in [3.63, 3.8) is 0 Å². The second kappa shape index (κ2) is 11.3. The standard InChI is InChI=1S/C27H33FN8O/c1-6-35(7-2)13-14-37-24-12-11-23(25(28)18(24)3)36-27(31-32-33-36)22-16-20(17-30-26(22)29)19-9-8-10-21(15-19)34(4)5/h8-12,15-17H,6-7,13-14H2,1-5H3,(H2,29,30). The lowest BCUT2D eigenvalue weighted by Gasteiger charge is -2.19. The third-order valence-corrected chi connectivity index (χ3v) is 6.43. The first kappa shape index (κ1) is 26.0. The second-order valence-corrected chi connectivity index (χ2v) is 8.91. The summed E-state index contributed by atoms with van der Waals surface area (Å²) < 4.78 is 22.8. The van der Waals surface area contributed by atoms with Crippen LogP contribution >= 0.6 is 0 Å². The summed E-state index contributed by atoms with van der Waals surface area (Å²) in [5.41, 5.74) is 10.2. The van der Waals surface area contributed by atoms with E-state index in [1.54, 1.807) is 25.3 Å². The Hall–Kier alpha value is -4.05. The van der Waals surface area contributed by atoms with Crippen molar-refractivity contribution in [2.45, 2.75) is 20.8 Å². The lowest BCUT2D eigenvalue weighted by atomic mass is 10.0. The van der Waals surface area contributed by atoms with Crippen LogP contribution < -0.4 is 15.4 Å². The fraction of sp³-hybridized carbons (Fsp3) is 0.333. The maximum absolute atomic E-state index is 15.5. The van der Waals surface area contributed by atoms with E-state index in [1.807, 2.05) is 43.3 Å². The number of nitrogens with zero attached hydrogens (tertiary/aromatic N) is 7. The van der Waals surface area contributed by atoms with Crippen molar-refractivity contribution in [2.24, 2.45) is 0 Å². The molecule has 0 saturated heterocycles. The molecule has 0 amide bonds. The van der Waals surface area contributed by atoms with E-state index < -0.39 is 5.82 Å². The molecular formula is C27H33FN8O. The molecule has 0 saturated carbocycles. The van der Waals surface area contributed by atoms with E-state index in [0.717, 1.165) is 36.4 Å². The minimum atomic E-state index is -0.463. The van der Waals surface area contributed by atoms with Gasteiger partial charge in [-0.3, -0.25) is 0 Å². The van der Waals surface area contributed by atoms with Crippen molar-refractivity contribution in [2.75, 3.05) is 51.0 Å². The van der Waals surface area contributed by atoms with Crippen LogP contribution in [0.25, 0.3) is 28.2 Å². The van der Waals surface area contributed by atoms with Gasteiger partial charge in [0, 0.05) is 43.7 Å².